The zero-order valence-electron chi connectivity index (χ0n) is 26.9. The Morgan fingerprint density at radius 1 is 0.745 bits per heavy atom. The van der Waals surface area contributed by atoms with E-state index in [4.69, 9.17) is 9.47 Å². The van der Waals surface area contributed by atoms with Gasteiger partial charge in [-0.15, -0.1) is 0 Å². The molecule has 1 aliphatic heterocycles. The van der Waals surface area contributed by atoms with Crippen molar-refractivity contribution < 1.29 is 44.3 Å². The van der Waals surface area contributed by atoms with Crippen molar-refractivity contribution in [2.24, 2.45) is 0 Å². The molecule has 1 heterocycles. The van der Waals surface area contributed by atoms with E-state index in [0.29, 0.717) is 13.2 Å². The lowest BCUT2D eigenvalue weighted by Crippen LogP contribution is -2.47. The summed E-state index contributed by atoms with van der Waals surface area (Å²) in [5, 5.41) is 39.5. The summed E-state index contributed by atoms with van der Waals surface area (Å²) in [6.45, 7) is 5.23. The molecule has 0 aliphatic carbocycles. The Balaban J connectivity index is 1.46. The van der Waals surface area contributed by atoms with Crippen molar-refractivity contribution in [1.82, 2.24) is 24.5 Å². The van der Waals surface area contributed by atoms with E-state index in [1.807, 2.05) is 36.4 Å². The normalized spacial score (nSPS) is 15.9. The molecule has 0 aromatic heterocycles. The maximum Gasteiger partial charge on any atom is 0.411 e. The van der Waals surface area contributed by atoms with Gasteiger partial charge in [-0.1, -0.05) is 60.7 Å². The Bertz CT molecular complexity index is 1230. The molecule has 4 N–H and O–H groups in total. The predicted molar refractivity (Wildman–Crippen MR) is 174 cm³/mol. The largest absolute Gasteiger partial charge is 0.465 e. The van der Waals surface area contributed by atoms with E-state index in [2.05, 4.69) is 29.2 Å². The third kappa shape index (κ3) is 14.0. The number of carbonyl (C=O) groups is 3. The number of aliphatic hydroxyl groups excluding tert-OH is 1. The molecular formula is C33H47N5O9. The fourth-order valence-electron chi connectivity index (χ4n) is 5.14. The Morgan fingerprint density at radius 2 is 1.32 bits per heavy atom. The topological polar surface area (TPSA) is 167 Å². The van der Waals surface area contributed by atoms with Crippen molar-refractivity contribution in [3.05, 3.63) is 83.7 Å². The van der Waals surface area contributed by atoms with Crippen LogP contribution in [0.5, 0.6) is 0 Å². The summed E-state index contributed by atoms with van der Waals surface area (Å²) in [7, 11) is 0. The minimum atomic E-state index is -1.32. The monoisotopic (exact) mass is 657 g/mol. The molecular weight excluding hydrogens is 610 g/mol. The first-order valence-electron chi connectivity index (χ1n) is 15.6. The first-order valence-corrected chi connectivity index (χ1v) is 15.6. The molecule has 0 fully saturated rings. The van der Waals surface area contributed by atoms with Gasteiger partial charge in [0.2, 0.25) is 0 Å². The fraction of sp³-hybridized carbons (Fsp3) is 0.485. The quantitative estimate of drug-likeness (QED) is 0.220. The molecule has 258 valence electrons. The molecule has 2 aromatic rings. The molecule has 0 saturated carbocycles. The van der Waals surface area contributed by atoms with Gasteiger partial charge in [0, 0.05) is 77.3 Å². The minimum absolute atomic E-state index is 0.00875. The van der Waals surface area contributed by atoms with Crippen molar-refractivity contribution in [2.45, 2.75) is 26.1 Å². The third-order valence-electron chi connectivity index (χ3n) is 7.65. The van der Waals surface area contributed by atoms with Crippen LogP contribution in [0.15, 0.2) is 72.6 Å². The highest BCUT2D eigenvalue weighted by Gasteiger charge is 2.23. The van der Waals surface area contributed by atoms with Gasteiger partial charge in [0.05, 0.1) is 32.5 Å². The van der Waals surface area contributed by atoms with Crippen molar-refractivity contribution >= 4 is 18.3 Å². The number of rotatable bonds is 14. The molecule has 3 rings (SSSR count). The number of allylic oxidation sites excluding steroid dienone is 1. The molecule has 0 radical (unpaired) electrons. The number of aliphatic hydroxyl groups is 1. The molecule has 1 atom stereocenters. The standard InChI is InChI=1S/C33H47N5O9/c1-27-22-37(32(42)43)16-15-36(31(40)41)14-12-34(13-17-38(27)33(44)45)25-30(39)26-47-21-20-46-19-18-35(23-28-8-4-2-5-9-28)24-29-10-6-3-7-11-29/h2-11,22,30,39H,12-21,23-26H2,1H3,(H,40,41)(H,42,43)(H,44,45). The number of hydrogen-bond donors (Lipinski definition) is 4. The minimum Gasteiger partial charge on any atom is -0.465 e. The number of benzene rings is 2. The van der Waals surface area contributed by atoms with Crippen LogP contribution in [0.3, 0.4) is 0 Å². The molecule has 0 bridgehead atoms. The summed E-state index contributed by atoms with van der Waals surface area (Å²) in [6, 6.07) is 20.5. The van der Waals surface area contributed by atoms with E-state index in [0.717, 1.165) is 34.3 Å². The second-order valence-electron chi connectivity index (χ2n) is 11.3. The van der Waals surface area contributed by atoms with E-state index in [9.17, 15) is 34.8 Å². The average molecular weight is 658 g/mol. The first-order chi connectivity index (χ1) is 22.6. The van der Waals surface area contributed by atoms with Gasteiger partial charge >= 0.3 is 18.3 Å². The lowest BCUT2D eigenvalue weighted by atomic mass is 10.1. The Morgan fingerprint density at radius 3 is 1.89 bits per heavy atom. The van der Waals surface area contributed by atoms with Crippen molar-refractivity contribution in [1.29, 1.82) is 0 Å². The fourth-order valence-corrected chi connectivity index (χ4v) is 5.14. The molecule has 1 unspecified atom stereocenters. The second kappa shape index (κ2) is 20.1. The number of β-amino-alcohol motifs (C(OH)–C–C–N with tert-alkyl or cyclic N) is 1. The molecule has 2 aromatic carbocycles. The van der Waals surface area contributed by atoms with Gasteiger partial charge in [-0.2, -0.15) is 0 Å². The zero-order valence-corrected chi connectivity index (χ0v) is 26.9. The Labute approximate surface area is 275 Å². The van der Waals surface area contributed by atoms with E-state index in [1.54, 1.807) is 4.90 Å². The first kappa shape index (κ1) is 37.2. The highest BCUT2D eigenvalue weighted by Crippen LogP contribution is 2.11. The van der Waals surface area contributed by atoms with E-state index >= 15 is 0 Å². The summed E-state index contributed by atoms with van der Waals surface area (Å²) < 4.78 is 11.5. The Hall–Kier alpha value is -4.21. The summed E-state index contributed by atoms with van der Waals surface area (Å²) in [5.41, 5.74) is 2.62. The van der Waals surface area contributed by atoms with Gasteiger partial charge in [-0.05, 0) is 18.1 Å². The van der Waals surface area contributed by atoms with Crippen LogP contribution >= 0.6 is 0 Å². The third-order valence-corrected chi connectivity index (χ3v) is 7.65. The average Bonchev–Trinajstić information content (AvgIpc) is 3.03. The maximum absolute atomic E-state index is 11.9. The summed E-state index contributed by atoms with van der Waals surface area (Å²) in [5.74, 6) is 0. The van der Waals surface area contributed by atoms with E-state index in [-0.39, 0.29) is 64.7 Å². The maximum atomic E-state index is 11.9. The Kier molecular flexibility index (Phi) is 15.9. The van der Waals surface area contributed by atoms with Gasteiger partial charge in [0.1, 0.15) is 0 Å². The van der Waals surface area contributed by atoms with E-state index < -0.39 is 24.4 Å². The highest BCUT2D eigenvalue weighted by molar-refractivity contribution is 5.69. The number of ether oxygens (including phenoxy) is 2. The summed E-state index contributed by atoms with van der Waals surface area (Å²) in [4.78, 5) is 42.4. The van der Waals surface area contributed by atoms with Crippen LogP contribution in [0.25, 0.3) is 0 Å². The van der Waals surface area contributed by atoms with Crippen LogP contribution in [-0.4, -0.2) is 148 Å². The molecule has 1 aliphatic rings. The summed E-state index contributed by atoms with van der Waals surface area (Å²) >= 11 is 0. The summed E-state index contributed by atoms with van der Waals surface area (Å²) in [6.07, 6.45) is -3.50. The van der Waals surface area contributed by atoms with Crippen LogP contribution in [-0.2, 0) is 22.6 Å². The zero-order chi connectivity index (χ0) is 34.0. The lowest BCUT2D eigenvalue weighted by Gasteiger charge is -2.32. The van der Waals surface area contributed by atoms with Crippen molar-refractivity contribution in [2.75, 3.05) is 78.8 Å². The number of amides is 3. The van der Waals surface area contributed by atoms with Gasteiger partial charge in [-0.25, -0.2) is 14.4 Å². The van der Waals surface area contributed by atoms with Crippen molar-refractivity contribution in [3.8, 4) is 0 Å². The predicted octanol–water partition coefficient (Wildman–Crippen LogP) is 3.20. The molecule has 14 heteroatoms. The molecule has 47 heavy (non-hydrogen) atoms. The number of nitrogens with zero attached hydrogens (tertiary/aromatic N) is 5. The van der Waals surface area contributed by atoms with Gasteiger partial charge in [0.25, 0.3) is 0 Å². The molecule has 0 saturated heterocycles. The molecule has 0 spiro atoms. The van der Waals surface area contributed by atoms with Crippen LogP contribution < -0.4 is 0 Å². The molecule has 3 amide bonds. The smallest absolute Gasteiger partial charge is 0.411 e. The molecule has 14 nitrogen and oxygen atoms in total. The SMILES string of the molecule is CC1=CN(C(=O)O)CCN(C(=O)O)CCN(CC(O)COCCOCCN(Cc2ccccc2)Cc2ccccc2)CCN1C(=O)O. The van der Waals surface area contributed by atoms with Crippen LogP contribution in [0.1, 0.15) is 18.1 Å². The number of carboxylic acid groups (broad SMARTS) is 3. The van der Waals surface area contributed by atoms with Gasteiger partial charge in [0.15, 0.2) is 0 Å². The van der Waals surface area contributed by atoms with Gasteiger partial charge in [-0.3, -0.25) is 19.6 Å². The van der Waals surface area contributed by atoms with Crippen LogP contribution in [0, 0.1) is 0 Å². The second-order valence-corrected chi connectivity index (χ2v) is 11.3. The van der Waals surface area contributed by atoms with E-state index in [1.165, 1.54) is 24.3 Å². The highest BCUT2D eigenvalue weighted by atomic mass is 16.5. The van der Waals surface area contributed by atoms with Gasteiger partial charge < -0.3 is 34.8 Å². The van der Waals surface area contributed by atoms with Crippen LogP contribution in [0.2, 0.25) is 0 Å². The lowest BCUT2D eigenvalue weighted by molar-refractivity contribution is -0.0114. The van der Waals surface area contributed by atoms with Crippen LogP contribution in [0.4, 0.5) is 14.4 Å². The number of hydrogen-bond acceptors (Lipinski definition) is 8. The van der Waals surface area contributed by atoms with Crippen molar-refractivity contribution in [3.63, 3.8) is 0 Å².